The average Bonchev–Trinajstić information content (AvgIpc) is 3.37. The van der Waals surface area contributed by atoms with Crippen molar-refractivity contribution in [2.45, 2.75) is 36.1 Å². The highest BCUT2D eigenvalue weighted by Crippen LogP contribution is 2.35. The number of amides is 1. The summed E-state index contributed by atoms with van der Waals surface area (Å²) in [6, 6.07) is 12.1. The lowest BCUT2D eigenvalue weighted by molar-refractivity contribution is -0.120. The lowest BCUT2D eigenvalue weighted by Gasteiger charge is -2.12. The van der Waals surface area contributed by atoms with E-state index in [0.717, 1.165) is 21.8 Å². The molecule has 2 aromatic rings. The van der Waals surface area contributed by atoms with Crippen LogP contribution in [0.15, 0.2) is 46.4 Å². The maximum atomic E-state index is 11.9. The third-order valence-electron chi connectivity index (χ3n) is 4.87. The fourth-order valence-corrected chi connectivity index (χ4v) is 4.02. The average molecular weight is 437 g/mol. The van der Waals surface area contributed by atoms with E-state index in [2.05, 4.69) is 23.1 Å². The van der Waals surface area contributed by atoms with Crippen LogP contribution in [0, 0.1) is 22.1 Å². The molecule has 1 fully saturated rings. The van der Waals surface area contributed by atoms with E-state index in [9.17, 15) is 4.79 Å². The van der Waals surface area contributed by atoms with E-state index < -0.39 is 11.4 Å². The Morgan fingerprint density at radius 1 is 1.39 bits per heavy atom. The molecule has 1 amide bonds. The molecule has 1 aliphatic carbocycles. The molecule has 3 N–H and O–H groups in total. The van der Waals surface area contributed by atoms with Crippen molar-refractivity contribution in [3.05, 3.63) is 36.5 Å². The van der Waals surface area contributed by atoms with Crippen LogP contribution in [0.25, 0.3) is 11.3 Å². The Balaban J connectivity index is 1.49. The minimum atomic E-state index is -0.771. The largest absolute Gasteiger partial charge is 0.429 e. The summed E-state index contributed by atoms with van der Waals surface area (Å²) in [4.78, 5) is 16.9. The Morgan fingerprint density at radius 3 is 2.77 bits per heavy atom. The lowest BCUT2D eigenvalue weighted by atomic mass is 10.1. The van der Waals surface area contributed by atoms with Crippen LogP contribution in [0.3, 0.4) is 0 Å². The van der Waals surface area contributed by atoms with Gasteiger partial charge in [0.15, 0.2) is 11.8 Å². The summed E-state index contributed by atoms with van der Waals surface area (Å²) < 4.78 is 7.19. The van der Waals surface area contributed by atoms with E-state index in [1.165, 1.54) is 11.8 Å². The van der Waals surface area contributed by atoms with E-state index >= 15 is 0 Å². The molecule has 0 atom stereocenters. The molecular weight excluding hydrogens is 412 g/mol. The highest BCUT2D eigenvalue weighted by Gasteiger charge is 2.44. The van der Waals surface area contributed by atoms with Crippen LogP contribution in [0.1, 0.15) is 25.7 Å². The lowest BCUT2D eigenvalue weighted by Crippen LogP contribution is -2.37. The first kappa shape index (κ1) is 22.3. The standard InChI is InChI=1S/C22H24N6O2S/c1-26-16-6-5-15(17-4-3-10-28(17)2)12-18(16)31-11-7-19(24)30-20(25)13-21(29)27-22(14-23)8-9-22/h3-6,10,12,24-25H,1,7-9,11,13H2,2H3,(H,27,29). The van der Waals surface area contributed by atoms with Gasteiger partial charge >= 0.3 is 0 Å². The zero-order valence-electron chi connectivity index (χ0n) is 17.3. The molecule has 1 saturated carbocycles. The van der Waals surface area contributed by atoms with E-state index in [1.807, 2.05) is 48.1 Å². The number of thioether (sulfide) groups is 1. The number of hydrogen-bond donors (Lipinski definition) is 3. The number of nitrogens with zero attached hydrogens (tertiary/aromatic N) is 3. The van der Waals surface area contributed by atoms with E-state index in [0.29, 0.717) is 25.0 Å². The van der Waals surface area contributed by atoms with Crippen molar-refractivity contribution in [3.8, 4) is 17.3 Å². The van der Waals surface area contributed by atoms with Gasteiger partial charge in [-0.25, -0.2) is 0 Å². The second kappa shape index (κ2) is 9.62. The van der Waals surface area contributed by atoms with Gasteiger partial charge in [0.1, 0.15) is 12.0 Å². The molecule has 8 nitrogen and oxygen atoms in total. The van der Waals surface area contributed by atoms with Crippen LogP contribution in [0.4, 0.5) is 5.69 Å². The summed E-state index contributed by atoms with van der Waals surface area (Å²) in [6.07, 6.45) is 3.25. The number of ether oxygens (including phenoxy) is 1. The number of rotatable bonds is 9. The number of hydrogen-bond acceptors (Lipinski definition) is 7. The maximum Gasteiger partial charge on any atom is 0.230 e. The Morgan fingerprint density at radius 2 is 2.16 bits per heavy atom. The predicted molar refractivity (Wildman–Crippen MR) is 122 cm³/mol. The minimum Gasteiger partial charge on any atom is -0.429 e. The van der Waals surface area contributed by atoms with E-state index in [4.69, 9.17) is 20.8 Å². The van der Waals surface area contributed by atoms with Crippen molar-refractivity contribution >= 4 is 41.9 Å². The number of aromatic nitrogens is 1. The first-order valence-corrected chi connectivity index (χ1v) is 10.7. The van der Waals surface area contributed by atoms with Gasteiger partial charge in [-0.05, 0) is 49.4 Å². The van der Waals surface area contributed by atoms with Gasteiger partial charge in [0, 0.05) is 36.0 Å². The molecule has 0 aliphatic heterocycles. The Bertz CT molecular complexity index is 1060. The predicted octanol–water partition coefficient (Wildman–Crippen LogP) is 4.04. The third-order valence-corrected chi connectivity index (χ3v) is 5.91. The van der Waals surface area contributed by atoms with Gasteiger partial charge in [-0.15, -0.1) is 11.8 Å². The van der Waals surface area contributed by atoms with Crippen LogP contribution in [-0.4, -0.2) is 40.3 Å². The summed E-state index contributed by atoms with van der Waals surface area (Å²) in [5, 5.41) is 27.3. The molecule has 1 aliphatic rings. The zero-order chi connectivity index (χ0) is 22.4. The highest BCUT2D eigenvalue weighted by atomic mass is 32.2. The van der Waals surface area contributed by atoms with E-state index in [-0.39, 0.29) is 18.2 Å². The Labute approximate surface area is 185 Å². The molecule has 0 radical (unpaired) electrons. The van der Waals surface area contributed by atoms with Gasteiger partial charge in [-0.3, -0.25) is 20.6 Å². The number of carbonyl (C=O) groups excluding carboxylic acids is 1. The van der Waals surface area contributed by atoms with Crippen LogP contribution < -0.4 is 5.32 Å². The van der Waals surface area contributed by atoms with Gasteiger partial charge in [-0.2, -0.15) is 5.26 Å². The van der Waals surface area contributed by atoms with Crippen LogP contribution in [-0.2, 0) is 16.6 Å². The quantitative estimate of drug-likeness (QED) is 0.311. The molecule has 160 valence electrons. The van der Waals surface area contributed by atoms with Crippen molar-refractivity contribution < 1.29 is 9.53 Å². The monoisotopic (exact) mass is 436 g/mol. The molecular formula is C22H24N6O2S. The van der Waals surface area contributed by atoms with Crippen molar-refractivity contribution in [2.24, 2.45) is 12.0 Å². The summed E-state index contributed by atoms with van der Waals surface area (Å²) in [5.74, 6) is -0.279. The second-order valence-corrected chi connectivity index (χ2v) is 8.45. The number of nitriles is 1. The summed E-state index contributed by atoms with van der Waals surface area (Å²) >= 11 is 1.53. The molecule has 9 heteroatoms. The van der Waals surface area contributed by atoms with Crippen molar-refractivity contribution in [1.29, 1.82) is 16.1 Å². The van der Waals surface area contributed by atoms with Gasteiger partial charge in [0.2, 0.25) is 5.91 Å². The summed E-state index contributed by atoms with van der Waals surface area (Å²) in [7, 11) is 1.99. The van der Waals surface area contributed by atoms with Gasteiger partial charge in [-0.1, -0.05) is 6.07 Å². The number of nitrogens with one attached hydrogen (secondary N) is 3. The van der Waals surface area contributed by atoms with Gasteiger partial charge < -0.3 is 14.6 Å². The van der Waals surface area contributed by atoms with Crippen LogP contribution >= 0.6 is 11.8 Å². The first-order chi connectivity index (χ1) is 14.9. The van der Waals surface area contributed by atoms with Crippen molar-refractivity contribution in [3.63, 3.8) is 0 Å². The molecule has 31 heavy (non-hydrogen) atoms. The molecule has 0 spiro atoms. The molecule has 1 aromatic carbocycles. The minimum absolute atomic E-state index is 0.0848. The van der Waals surface area contributed by atoms with Crippen LogP contribution in [0.5, 0.6) is 0 Å². The number of benzene rings is 1. The van der Waals surface area contributed by atoms with Crippen molar-refractivity contribution in [1.82, 2.24) is 9.88 Å². The zero-order valence-corrected chi connectivity index (χ0v) is 18.1. The fraction of sp³-hybridized carbons (Fsp3) is 0.318. The normalized spacial score (nSPS) is 13.7. The summed E-state index contributed by atoms with van der Waals surface area (Å²) in [5.41, 5.74) is 2.15. The maximum absolute atomic E-state index is 11.9. The molecule has 1 aromatic heterocycles. The number of carbonyl (C=O) groups is 1. The van der Waals surface area contributed by atoms with Crippen molar-refractivity contribution in [2.75, 3.05) is 5.75 Å². The SMILES string of the molecule is C=Nc1ccc(-c2cccn2C)cc1SCCC(=N)OC(=N)CC(=O)NC1(C#N)CC1. The second-order valence-electron chi connectivity index (χ2n) is 7.31. The molecule has 0 saturated heterocycles. The van der Waals surface area contributed by atoms with E-state index in [1.54, 1.807) is 0 Å². The van der Waals surface area contributed by atoms with Gasteiger partial charge in [0.05, 0.1) is 11.8 Å². The smallest absolute Gasteiger partial charge is 0.230 e. The third kappa shape index (κ3) is 5.83. The van der Waals surface area contributed by atoms with Gasteiger partial charge in [0.25, 0.3) is 0 Å². The molecule has 1 heterocycles. The molecule has 0 unspecified atom stereocenters. The Kier molecular flexibility index (Phi) is 6.92. The molecule has 0 bridgehead atoms. The topological polar surface area (TPSA) is 127 Å². The highest BCUT2D eigenvalue weighted by molar-refractivity contribution is 7.99. The number of aryl methyl sites for hydroxylation is 1. The summed E-state index contributed by atoms with van der Waals surface area (Å²) in [6.45, 7) is 3.63. The number of aliphatic imine (C=N–C) groups is 1. The Hall–Kier alpha value is -3.38. The van der Waals surface area contributed by atoms with Crippen LogP contribution in [0.2, 0.25) is 0 Å². The fourth-order valence-electron chi connectivity index (χ4n) is 3.02. The first-order valence-electron chi connectivity index (χ1n) is 9.76. The molecule has 3 rings (SSSR count).